The summed E-state index contributed by atoms with van der Waals surface area (Å²) < 4.78 is 5.37. The fraction of sp³-hybridized carbons (Fsp3) is 0.900. The normalized spacial score (nSPS) is 44.3. The Kier molecular flexibility index (Phi) is 2.60. The molecule has 4 heteroatoms. The number of carbonyl (C=O) groups excluding carboxylic acids is 1. The average Bonchev–Trinajstić information content (AvgIpc) is 2.58. The standard InChI is InChI=1S/C10H16O4/c1-7-3-4-8(5-9(7)11)10(2)12-6-13-14-10/h7-8H,3-6H2,1-2H3. The lowest BCUT2D eigenvalue weighted by atomic mass is 9.78. The first-order chi connectivity index (χ1) is 6.62. The minimum absolute atomic E-state index is 0.133. The smallest absolute Gasteiger partial charge is 0.204 e. The SMILES string of the molecule is CC1CCC(C2(C)OCOO2)CC1=O. The number of hydrogen-bond acceptors (Lipinski definition) is 4. The van der Waals surface area contributed by atoms with Crippen LogP contribution in [-0.2, 0) is 19.3 Å². The Labute approximate surface area is 83.4 Å². The quantitative estimate of drug-likeness (QED) is 0.604. The molecule has 4 nitrogen and oxygen atoms in total. The molecule has 1 saturated carbocycles. The van der Waals surface area contributed by atoms with Gasteiger partial charge in [-0.25, -0.2) is 4.89 Å². The maximum Gasteiger partial charge on any atom is 0.204 e. The van der Waals surface area contributed by atoms with E-state index in [0.29, 0.717) is 12.2 Å². The molecule has 1 heterocycles. The molecule has 3 atom stereocenters. The molecular weight excluding hydrogens is 184 g/mol. The summed E-state index contributed by atoms with van der Waals surface area (Å²) >= 11 is 0. The molecule has 0 radical (unpaired) electrons. The van der Waals surface area contributed by atoms with E-state index in [1.807, 2.05) is 13.8 Å². The summed E-state index contributed by atoms with van der Waals surface area (Å²) in [5.41, 5.74) is 0. The van der Waals surface area contributed by atoms with Crippen LogP contribution in [0.5, 0.6) is 0 Å². The van der Waals surface area contributed by atoms with Gasteiger partial charge in [0.1, 0.15) is 5.78 Å². The fourth-order valence-electron chi connectivity index (χ4n) is 2.10. The van der Waals surface area contributed by atoms with Crippen molar-refractivity contribution in [3.8, 4) is 0 Å². The topological polar surface area (TPSA) is 44.8 Å². The predicted octanol–water partition coefficient (Wildman–Crippen LogP) is 1.64. The Morgan fingerprint density at radius 2 is 2.21 bits per heavy atom. The van der Waals surface area contributed by atoms with Gasteiger partial charge in [0.15, 0.2) is 6.79 Å². The first-order valence-electron chi connectivity index (χ1n) is 5.09. The van der Waals surface area contributed by atoms with Crippen molar-refractivity contribution >= 4 is 5.78 Å². The molecule has 80 valence electrons. The Balaban J connectivity index is 2.02. The van der Waals surface area contributed by atoms with Gasteiger partial charge in [0.25, 0.3) is 0 Å². The molecule has 1 aliphatic heterocycles. The highest BCUT2D eigenvalue weighted by atomic mass is 17.3. The molecule has 0 bridgehead atoms. The highest BCUT2D eigenvalue weighted by molar-refractivity contribution is 5.81. The Hall–Kier alpha value is -0.450. The molecule has 14 heavy (non-hydrogen) atoms. The molecule has 0 aromatic rings. The number of Topliss-reactive ketones (excluding diaryl/α,β-unsaturated/α-hetero) is 1. The lowest BCUT2D eigenvalue weighted by molar-refractivity contribution is -0.331. The molecule has 0 aromatic carbocycles. The van der Waals surface area contributed by atoms with Gasteiger partial charge in [-0.3, -0.25) is 4.79 Å². The summed E-state index contributed by atoms with van der Waals surface area (Å²) in [4.78, 5) is 21.4. The summed E-state index contributed by atoms with van der Waals surface area (Å²) in [6.07, 6.45) is 2.43. The highest BCUT2D eigenvalue weighted by Gasteiger charge is 2.44. The van der Waals surface area contributed by atoms with Crippen LogP contribution in [0.4, 0.5) is 0 Å². The molecule has 2 aliphatic rings. The van der Waals surface area contributed by atoms with E-state index >= 15 is 0 Å². The number of ether oxygens (including phenoxy) is 1. The van der Waals surface area contributed by atoms with Crippen molar-refractivity contribution in [3.63, 3.8) is 0 Å². The van der Waals surface area contributed by atoms with E-state index in [-0.39, 0.29) is 18.6 Å². The summed E-state index contributed by atoms with van der Waals surface area (Å²) in [7, 11) is 0. The number of rotatable bonds is 1. The van der Waals surface area contributed by atoms with Crippen molar-refractivity contribution in [1.29, 1.82) is 0 Å². The van der Waals surface area contributed by atoms with Gasteiger partial charge in [-0.1, -0.05) is 6.92 Å². The molecule has 2 rings (SSSR count). The van der Waals surface area contributed by atoms with Gasteiger partial charge < -0.3 is 4.74 Å². The Bertz CT molecular complexity index is 232. The molecule has 0 spiro atoms. The van der Waals surface area contributed by atoms with Crippen LogP contribution in [0.3, 0.4) is 0 Å². The van der Waals surface area contributed by atoms with Crippen molar-refractivity contribution in [3.05, 3.63) is 0 Å². The van der Waals surface area contributed by atoms with Crippen molar-refractivity contribution < 1.29 is 19.3 Å². The van der Waals surface area contributed by atoms with Crippen LogP contribution < -0.4 is 0 Å². The van der Waals surface area contributed by atoms with Gasteiger partial charge in [-0.2, -0.15) is 4.89 Å². The van der Waals surface area contributed by atoms with E-state index in [9.17, 15) is 4.79 Å². The van der Waals surface area contributed by atoms with Gasteiger partial charge in [-0.15, -0.1) is 0 Å². The zero-order valence-electron chi connectivity index (χ0n) is 8.62. The Morgan fingerprint density at radius 3 is 2.79 bits per heavy atom. The highest BCUT2D eigenvalue weighted by Crippen LogP contribution is 2.38. The van der Waals surface area contributed by atoms with Gasteiger partial charge in [0.05, 0.1) is 0 Å². The van der Waals surface area contributed by atoms with Crippen LogP contribution in [0.25, 0.3) is 0 Å². The monoisotopic (exact) mass is 200 g/mol. The van der Waals surface area contributed by atoms with Crippen LogP contribution >= 0.6 is 0 Å². The van der Waals surface area contributed by atoms with Gasteiger partial charge in [0, 0.05) is 18.3 Å². The molecule has 2 fully saturated rings. The number of carbonyl (C=O) groups is 1. The van der Waals surface area contributed by atoms with Crippen LogP contribution in [0.15, 0.2) is 0 Å². The van der Waals surface area contributed by atoms with Crippen molar-refractivity contribution in [2.75, 3.05) is 6.79 Å². The van der Waals surface area contributed by atoms with Crippen molar-refractivity contribution in [2.24, 2.45) is 11.8 Å². The zero-order valence-corrected chi connectivity index (χ0v) is 8.62. The molecule has 0 aromatic heterocycles. The fourth-order valence-corrected chi connectivity index (χ4v) is 2.10. The maximum atomic E-state index is 11.6. The molecule has 3 unspecified atom stereocenters. The van der Waals surface area contributed by atoms with Crippen LogP contribution in [0.1, 0.15) is 33.1 Å². The molecule has 0 amide bonds. The second-order valence-electron chi connectivity index (χ2n) is 4.33. The van der Waals surface area contributed by atoms with E-state index in [4.69, 9.17) is 14.5 Å². The third-order valence-electron chi connectivity index (χ3n) is 3.30. The first-order valence-corrected chi connectivity index (χ1v) is 5.09. The summed E-state index contributed by atoms with van der Waals surface area (Å²) in [5.74, 6) is -0.0806. The van der Waals surface area contributed by atoms with Gasteiger partial charge >= 0.3 is 0 Å². The average molecular weight is 200 g/mol. The minimum Gasteiger partial charge on any atom is -0.318 e. The molecule has 0 N–H and O–H groups in total. The van der Waals surface area contributed by atoms with Crippen LogP contribution in [0.2, 0.25) is 0 Å². The summed E-state index contributed by atoms with van der Waals surface area (Å²) in [5, 5.41) is 0. The summed E-state index contributed by atoms with van der Waals surface area (Å²) in [6, 6.07) is 0. The maximum absolute atomic E-state index is 11.6. The van der Waals surface area contributed by atoms with E-state index < -0.39 is 5.79 Å². The number of ketones is 1. The van der Waals surface area contributed by atoms with Crippen LogP contribution in [0, 0.1) is 11.8 Å². The Morgan fingerprint density at radius 1 is 1.43 bits per heavy atom. The molecular formula is C10H16O4. The third kappa shape index (κ3) is 1.69. The van der Waals surface area contributed by atoms with E-state index in [0.717, 1.165) is 12.8 Å². The third-order valence-corrected chi connectivity index (χ3v) is 3.30. The van der Waals surface area contributed by atoms with Gasteiger partial charge in [-0.05, 0) is 19.8 Å². The first kappa shape index (κ1) is 10.1. The van der Waals surface area contributed by atoms with Crippen LogP contribution in [-0.4, -0.2) is 18.4 Å². The van der Waals surface area contributed by atoms with Gasteiger partial charge in [0.2, 0.25) is 5.79 Å². The number of hydrogen-bond donors (Lipinski definition) is 0. The second kappa shape index (κ2) is 3.61. The zero-order chi connectivity index (χ0) is 10.2. The largest absolute Gasteiger partial charge is 0.318 e. The predicted molar refractivity (Wildman–Crippen MR) is 48.0 cm³/mol. The lowest BCUT2D eigenvalue weighted by Crippen LogP contribution is -2.40. The van der Waals surface area contributed by atoms with E-state index in [1.165, 1.54) is 0 Å². The molecule has 1 saturated heterocycles. The summed E-state index contributed by atoms with van der Waals surface area (Å²) in [6.45, 7) is 3.98. The molecule has 1 aliphatic carbocycles. The van der Waals surface area contributed by atoms with Crippen molar-refractivity contribution in [1.82, 2.24) is 0 Å². The second-order valence-corrected chi connectivity index (χ2v) is 4.33. The van der Waals surface area contributed by atoms with E-state index in [1.54, 1.807) is 0 Å². The lowest BCUT2D eigenvalue weighted by Gasteiger charge is -2.33. The van der Waals surface area contributed by atoms with Crippen molar-refractivity contribution in [2.45, 2.75) is 38.9 Å². The minimum atomic E-state index is -0.712. The van der Waals surface area contributed by atoms with E-state index in [2.05, 4.69) is 0 Å².